The van der Waals surface area contributed by atoms with Crippen LogP contribution in [0.4, 0.5) is 14.6 Å². The van der Waals surface area contributed by atoms with Gasteiger partial charge < -0.3 is 15.0 Å². The minimum absolute atomic E-state index is 0.213. The van der Waals surface area contributed by atoms with Crippen LogP contribution in [0.2, 0.25) is 0 Å². The van der Waals surface area contributed by atoms with Crippen molar-refractivity contribution in [3.05, 3.63) is 40.0 Å². The van der Waals surface area contributed by atoms with Crippen LogP contribution in [0.3, 0.4) is 0 Å². The molecule has 0 radical (unpaired) electrons. The average Bonchev–Trinajstić information content (AvgIpc) is 3.01. The third-order valence-corrected chi connectivity index (χ3v) is 4.11. The Kier molecular flexibility index (Phi) is 4.30. The Balaban J connectivity index is 1.57. The lowest BCUT2D eigenvalue weighted by Gasteiger charge is -2.15. The summed E-state index contributed by atoms with van der Waals surface area (Å²) in [6, 6.07) is 0. The maximum absolute atomic E-state index is 13.2. The summed E-state index contributed by atoms with van der Waals surface area (Å²) < 4.78 is 32.9. The van der Waals surface area contributed by atoms with Gasteiger partial charge in [-0.2, -0.15) is 5.10 Å². The first kappa shape index (κ1) is 17.5. The van der Waals surface area contributed by atoms with Crippen molar-refractivity contribution in [2.45, 2.75) is 39.0 Å². The Labute approximate surface area is 151 Å². The molecule has 1 aliphatic rings. The van der Waals surface area contributed by atoms with Crippen molar-refractivity contribution in [1.82, 2.24) is 29.7 Å². The lowest BCUT2D eigenvalue weighted by atomic mass is 10.1. The van der Waals surface area contributed by atoms with Crippen molar-refractivity contribution in [3.63, 3.8) is 0 Å². The van der Waals surface area contributed by atoms with E-state index in [2.05, 4.69) is 30.4 Å². The highest BCUT2D eigenvalue weighted by Gasteiger charge is 2.23. The Morgan fingerprint density at radius 3 is 3.07 bits per heavy atom. The summed E-state index contributed by atoms with van der Waals surface area (Å²) in [4.78, 5) is 27.5. The zero-order valence-corrected chi connectivity index (χ0v) is 14.5. The van der Waals surface area contributed by atoms with E-state index in [-0.39, 0.29) is 18.7 Å². The number of aromatic amines is 1. The first-order valence-electron chi connectivity index (χ1n) is 8.37. The number of H-pyrrole nitrogens is 1. The highest BCUT2D eigenvalue weighted by molar-refractivity contribution is 5.85. The molecule has 0 amide bonds. The number of ether oxygens (including phenoxy) is 1. The average molecular weight is 377 g/mol. The largest absolute Gasteiger partial charge is 0.376 e. The minimum atomic E-state index is -2.89. The van der Waals surface area contributed by atoms with Gasteiger partial charge in [0.1, 0.15) is 24.5 Å². The lowest BCUT2D eigenvalue weighted by molar-refractivity contribution is 0.000775. The molecule has 2 N–H and O–H groups in total. The molecule has 0 aliphatic carbocycles. The highest BCUT2D eigenvalue weighted by Crippen LogP contribution is 2.21. The van der Waals surface area contributed by atoms with Crippen LogP contribution in [0.25, 0.3) is 11.0 Å². The fourth-order valence-corrected chi connectivity index (χ4v) is 2.94. The number of hydrogen-bond donors (Lipinski definition) is 2. The van der Waals surface area contributed by atoms with Crippen LogP contribution in [0.15, 0.2) is 17.3 Å². The van der Waals surface area contributed by atoms with Gasteiger partial charge in [0.15, 0.2) is 5.65 Å². The number of rotatable bonds is 5. The van der Waals surface area contributed by atoms with Crippen LogP contribution < -0.4 is 10.9 Å². The number of halogens is 2. The monoisotopic (exact) mass is 377 g/mol. The molecule has 1 aliphatic heterocycles. The molecular formula is C16H17F2N7O2. The Morgan fingerprint density at radius 2 is 2.26 bits per heavy atom. The van der Waals surface area contributed by atoms with E-state index in [1.807, 2.05) is 0 Å². The van der Waals surface area contributed by atoms with Crippen LogP contribution in [-0.4, -0.2) is 42.2 Å². The van der Waals surface area contributed by atoms with E-state index in [1.54, 1.807) is 0 Å². The SMILES string of the molecule is CC(F)(F)Cn1cc2c(NCc3nc4c(c(=O)[nH]3)COCC4)ncnc2n1. The molecule has 4 rings (SSSR count). The van der Waals surface area contributed by atoms with Gasteiger partial charge in [-0.25, -0.2) is 23.7 Å². The summed E-state index contributed by atoms with van der Waals surface area (Å²) in [7, 11) is 0. The standard InChI is InChI=1S/C16H17F2N7O2/c1-16(17,18)7-25-5-9-13(20-8-21-14(9)24-25)19-4-12-22-11-2-3-27-6-10(11)15(26)23-12/h5,8H,2-4,6-7H2,1H3,(H,22,23,26)(H,19,20,21,24). The van der Waals surface area contributed by atoms with Gasteiger partial charge in [0.05, 0.1) is 36.4 Å². The minimum Gasteiger partial charge on any atom is -0.376 e. The second-order valence-electron chi connectivity index (χ2n) is 6.45. The summed E-state index contributed by atoms with van der Waals surface area (Å²) in [5.41, 5.74) is 1.37. The summed E-state index contributed by atoms with van der Waals surface area (Å²) in [5, 5.41) is 7.61. The maximum Gasteiger partial charge on any atom is 0.264 e. The van der Waals surface area contributed by atoms with Crippen molar-refractivity contribution < 1.29 is 13.5 Å². The zero-order valence-electron chi connectivity index (χ0n) is 14.5. The van der Waals surface area contributed by atoms with Gasteiger partial charge in [0.2, 0.25) is 0 Å². The quantitative estimate of drug-likeness (QED) is 0.688. The number of nitrogens with one attached hydrogen (secondary N) is 2. The molecule has 3 aromatic heterocycles. The van der Waals surface area contributed by atoms with Gasteiger partial charge in [-0.05, 0) is 0 Å². The normalized spacial score (nSPS) is 14.3. The molecule has 0 saturated carbocycles. The predicted octanol–water partition coefficient (Wildman–Crippen LogP) is 1.25. The molecule has 0 bridgehead atoms. The van der Waals surface area contributed by atoms with Crippen molar-refractivity contribution >= 4 is 16.9 Å². The molecular weight excluding hydrogens is 360 g/mol. The Hall–Kier alpha value is -2.95. The molecule has 142 valence electrons. The molecule has 0 aromatic carbocycles. The number of alkyl halides is 2. The first-order valence-corrected chi connectivity index (χ1v) is 8.37. The van der Waals surface area contributed by atoms with E-state index in [0.29, 0.717) is 41.3 Å². The summed E-state index contributed by atoms with van der Waals surface area (Å²) in [6.07, 6.45) is 3.35. The van der Waals surface area contributed by atoms with Crippen LogP contribution in [0.5, 0.6) is 0 Å². The van der Waals surface area contributed by atoms with Crippen LogP contribution in [0, 0.1) is 0 Å². The number of nitrogens with zero attached hydrogens (tertiary/aromatic N) is 5. The van der Waals surface area contributed by atoms with Crippen LogP contribution in [0.1, 0.15) is 24.0 Å². The van der Waals surface area contributed by atoms with Crippen LogP contribution >= 0.6 is 0 Å². The van der Waals surface area contributed by atoms with E-state index in [4.69, 9.17) is 4.74 Å². The fraction of sp³-hybridized carbons (Fsp3) is 0.438. The van der Waals surface area contributed by atoms with Crippen LogP contribution in [-0.2, 0) is 30.9 Å². The predicted molar refractivity (Wildman–Crippen MR) is 91.5 cm³/mol. The third kappa shape index (κ3) is 3.77. The molecule has 0 spiro atoms. The molecule has 4 heterocycles. The van der Waals surface area contributed by atoms with E-state index >= 15 is 0 Å². The van der Waals surface area contributed by atoms with E-state index < -0.39 is 12.5 Å². The zero-order chi connectivity index (χ0) is 19.0. The first-order chi connectivity index (χ1) is 12.9. The number of aromatic nitrogens is 6. The fourth-order valence-electron chi connectivity index (χ4n) is 2.94. The van der Waals surface area contributed by atoms with Gasteiger partial charge in [-0.15, -0.1) is 0 Å². The molecule has 27 heavy (non-hydrogen) atoms. The number of anilines is 1. The van der Waals surface area contributed by atoms with E-state index in [9.17, 15) is 13.6 Å². The van der Waals surface area contributed by atoms with Gasteiger partial charge in [0, 0.05) is 19.5 Å². The second-order valence-corrected chi connectivity index (χ2v) is 6.45. The molecule has 11 heteroatoms. The third-order valence-electron chi connectivity index (χ3n) is 4.11. The number of fused-ring (bicyclic) bond motifs is 2. The lowest BCUT2D eigenvalue weighted by Crippen LogP contribution is -2.26. The summed E-state index contributed by atoms with van der Waals surface area (Å²) in [5.74, 6) is -2.01. The molecule has 0 atom stereocenters. The van der Waals surface area contributed by atoms with Crippen molar-refractivity contribution in [2.24, 2.45) is 0 Å². The van der Waals surface area contributed by atoms with Crippen molar-refractivity contribution in [1.29, 1.82) is 0 Å². The number of hydrogen-bond acceptors (Lipinski definition) is 7. The molecule has 0 saturated heterocycles. The topological polar surface area (TPSA) is 111 Å². The second kappa shape index (κ2) is 6.65. The Bertz CT molecular complexity index is 1040. The van der Waals surface area contributed by atoms with Gasteiger partial charge in [0.25, 0.3) is 11.5 Å². The molecule has 9 nitrogen and oxygen atoms in total. The van der Waals surface area contributed by atoms with Crippen molar-refractivity contribution in [3.8, 4) is 0 Å². The maximum atomic E-state index is 13.2. The highest BCUT2D eigenvalue weighted by atomic mass is 19.3. The summed E-state index contributed by atoms with van der Waals surface area (Å²) >= 11 is 0. The molecule has 0 unspecified atom stereocenters. The van der Waals surface area contributed by atoms with E-state index in [1.165, 1.54) is 12.5 Å². The summed E-state index contributed by atoms with van der Waals surface area (Å²) in [6.45, 7) is 1.28. The Morgan fingerprint density at radius 1 is 1.41 bits per heavy atom. The van der Waals surface area contributed by atoms with Gasteiger partial charge >= 0.3 is 0 Å². The molecule has 3 aromatic rings. The smallest absolute Gasteiger partial charge is 0.264 e. The van der Waals surface area contributed by atoms with Gasteiger partial charge in [-0.3, -0.25) is 9.48 Å². The van der Waals surface area contributed by atoms with Crippen molar-refractivity contribution in [2.75, 3.05) is 11.9 Å². The van der Waals surface area contributed by atoms with E-state index in [0.717, 1.165) is 17.3 Å². The molecule has 0 fully saturated rings. The van der Waals surface area contributed by atoms with Gasteiger partial charge in [-0.1, -0.05) is 0 Å².